The molecule has 1 N–H and O–H groups in total. The zero-order valence-corrected chi connectivity index (χ0v) is 19.4. The minimum absolute atomic E-state index is 0.0394. The van der Waals surface area contributed by atoms with Gasteiger partial charge in [-0.05, 0) is 65.6 Å². The van der Waals surface area contributed by atoms with Crippen molar-refractivity contribution in [3.63, 3.8) is 0 Å². The summed E-state index contributed by atoms with van der Waals surface area (Å²) >= 11 is 1.63. The van der Waals surface area contributed by atoms with Crippen LogP contribution in [0.4, 0.5) is 5.69 Å². The summed E-state index contributed by atoms with van der Waals surface area (Å²) in [5.74, 6) is 0.978. The summed E-state index contributed by atoms with van der Waals surface area (Å²) in [5.41, 5.74) is 2.22. The van der Waals surface area contributed by atoms with E-state index >= 15 is 0 Å². The normalized spacial score (nSPS) is 12.7. The van der Waals surface area contributed by atoms with Crippen LogP contribution in [0.2, 0.25) is 0 Å². The Morgan fingerprint density at radius 3 is 2.52 bits per heavy atom. The van der Waals surface area contributed by atoms with E-state index in [2.05, 4.69) is 10.7 Å². The third-order valence-electron chi connectivity index (χ3n) is 5.33. The van der Waals surface area contributed by atoms with Crippen molar-refractivity contribution in [3.05, 3.63) is 70.4 Å². The van der Waals surface area contributed by atoms with Crippen molar-refractivity contribution in [2.75, 3.05) is 26.1 Å². The molecule has 0 saturated heterocycles. The van der Waals surface area contributed by atoms with Crippen molar-refractivity contribution in [3.8, 4) is 17.2 Å². The maximum Gasteiger partial charge on any atom is 0.262 e. The standard InChI is InChI=1S/C25H26N2O5S/c1-30-21-6-4-3-5-20(21)26-24(28)15-32-22-10-7-18(13-23(22)31-2)25(29)27(19-8-9-19)14-17-11-12-33-16-17/h3-7,10-13,16,19H,8-9,14-15H2,1-2H3,(H,26,28). The van der Waals surface area contributed by atoms with Gasteiger partial charge in [0.1, 0.15) is 5.75 Å². The lowest BCUT2D eigenvalue weighted by Gasteiger charge is -2.22. The number of rotatable bonds is 10. The fourth-order valence-electron chi connectivity index (χ4n) is 3.50. The van der Waals surface area contributed by atoms with Gasteiger partial charge >= 0.3 is 0 Å². The van der Waals surface area contributed by atoms with E-state index in [1.165, 1.54) is 7.11 Å². The first-order valence-electron chi connectivity index (χ1n) is 10.6. The van der Waals surface area contributed by atoms with Crippen LogP contribution >= 0.6 is 11.3 Å². The van der Waals surface area contributed by atoms with E-state index < -0.39 is 0 Å². The predicted molar refractivity (Wildman–Crippen MR) is 127 cm³/mol. The van der Waals surface area contributed by atoms with E-state index in [1.807, 2.05) is 22.4 Å². The Bertz CT molecular complexity index is 1110. The minimum atomic E-state index is -0.336. The molecule has 1 aliphatic rings. The number of anilines is 1. The average molecular weight is 467 g/mol. The Morgan fingerprint density at radius 1 is 1.03 bits per heavy atom. The number of thiophene rings is 1. The molecular formula is C25H26N2O5S. The van der Waals surface area contributed by atoms with Gasteiger partial charge in [-0.1, -0.05) is 12.1 Å². The van der Waals surface area contributed by atoms with Crippen LogP contribution in [-0.2, 0) is 11.3 Å². The number of nitrogens with one attached hydrogen (secondary N) is 1. The molecule has 1 aromatic heterocycles. The van der Waals surface area contributed by atoms with Gasteiger partial charge in [0.05, 0.1) is 19.9 Å². The van der Waals surface area contributed by atoms with Crippen LogP contribution < -0.4 is 19.5 Å². The van der Waals surface area contributed by atoms with Crippen molar-refractivity contribution in [2.24, 2.45) is 0 Å². The third kappa shape index (κ3) is 5.64. The predicted octanol–water partition coefficient (Wildman–Crippen LogP) is 4.59. The molecule has 1 aliphatic carbocycles. The quantitative estimate of drug-likeness (QED) is 0.473. The fraction of sp³-hybridized carbons (Fsp3) is 0.280. The zero-order chi connectivity index (χ0) is 23.2. The highest BCUT2D eigenvalue weighted by Crippen LogP contribution is 2.33. The van der Waals surface area contributed by atoms with E-state index in [9.17, 15) is 9.59 Å². The summed E-state index contributed by atoms with van der Waals surface area (Å²) in [4.78, 5) is 27.5. The molecule has 4 rings (SSSR count). The van der Waals surface area contributed by atoms with Crippen LogP contribution in [0, 0.1) is 0 Å². The number of ether oxygens (including phenoxy) is 3. The maximum absolute atomic E-state index is 13.2. The molecule has 1 heterocycles. The van der Waals surface area contributed by atoms with Crippen LogP contribution in [-0.4, -0.2) is 43.6 Å². The van der Waals surface area contributed by atoms with Gasteiger partial charge in [0.2, 0.25) is 0 Å². The molecule has 172 valence electrons. The van der Waals surface area contributed by atoms with Gasteiger partial charge in [0.25, 0.3) is 11.8 Å². The Labute approximate surface area is 196 Å². The topological polar surface area (TPSA) is 77.1 Å². The molecule has 7 nitrogen and oxygen atoms in total. The lowest BCUT2D eigenvalue weighted by molar-refractivity contribution is -0.118. The molecule has 33 heavy (non-hydrogen) atoms. The number of carbonyl (C=O) groups is 2. The SMILES string of the molecule is COc1ccccc1NC(=O)COc1ccc(C(=O)N(Cc2ccsc2)C2CC2)cc1OC. The van der Waals surface area contributed by atoms with E-state index in [-0.39, 0.29) is 24.5 Å². The van der Waals surface area contributed by atoms with Crippen molar-refractivity contribution in [1.82, 2.24) is 4.90 Å². The Balaban J connectivity index is 1.42. The lowest BCUT2D eigenvalue weighted by Crippen LogP contribution is -2.32. The third-order valence-corrected chi connectivity index (χ3v) is 6.06. The molecular weight excluding hydrogens is 440 g/mol. The van der Waals surface area contributed by atoms with Gasteiger partial charge in [-0.2, -0.15) is 11.3 Å². The van der Waals surface area contributed by atoms with Gasteiger partial charge in [0, 0.05) is 18.2 Å². The molecule has 0 aliphatic heterocycles. The van der Waals surface area contributed by atoms with E-state index in [1.54, 1.807) is 54.8 Å². The van der Waals surface area contributed by atoms with E-state index in [0.717, 1.165) is 18.4 Å². The number of methoxy groups -OCH3 is 2. The van der Waals surface area contributed by atoms with Gasteiger partial charge in [-0.3, -0.25) is 9.59 Å². The molecule has 3 aromatic rings. The number of amides is 2. The van der Waals surface area contributed by atoms with Crippen molar-refractivity contribution in [1.29, 1.82) is 0 Å². The molecule has 1 saturated carbocycles. The molecule has 0 spiro atoms. The number of nitrogens with zero attached hydrogens (tertiary/aromatic N) is 1. The fourth-order valence-corrected chi connectivity index (χ4v) is 4.16. The highest BCUT2D eigenvalue weighted by atomic mass is 32.1. The van der Waals surface area contributed by atoms with Gasteiger partial charge in [-0.15, -0.1) is 0 Å². The number of hydrogen-bond acceptors (Lipinski definition) is 6. The zero-order valence-electron chi connectivity index (χ0n) is 18.6. The van der Waals surface area contributed by atoms with Crippen molar-refractivity contribution >= 4 is 28.8 Å². The molecule has 1 fully saturated rings. The Morgan fingerprint density at radius 2 is 1.82 bits per heavy atom. The van der Waals surface area contributed by atoms with E-state index in [4.69, 9.17) is 14.2 Å². The summed E-state index contributed by atoms with van der Waals surface area (Å²) in [6.07, 6.45) is 2.05. The smallest absolute Gasteiger partial charge is 0.262 e. The largest absolute Gasteiger partial charge is 0.495 e. The van der Waals surface area contributed by atoms with Crippen LogP contribution in [0.15, 0.2) is 59.3 Å². The maximum atomic E-state index is 13.2. The number of hydrogen-bond donors (Lipinski definition) is 1. The Hall–Kier alpha value is -3.52. The highest BCUT2D eigenvalue weighted by molar-refractivity contribution is 7.07. The van der Waals surface area contributed by atoms with Gasteiger partial charge < -0.3 is 24.4 Å². The molecule has 0 atom stereocenters. The van der Waals surface area contributed by atoms with Crippen LogP contribution in [0.25, 0.3) is 0 Å². The van der Waals surface area contributed by atoms with Crippen molar-refractivity contribution in [2.45, 2.75) is 25.4 Å². The first kappa shape index (κ1) is 22.7. The van der Waals surface area contributed by atoms with Crippen LogP contribution in [0.1, 0.15) is 28.8 Å². The first-order chi connectivity index (χ1) is 16.1. The molecule has 0 bridgehead atoms. The molecule has 2 aromatic carbocycles. The molecule has 0 unspecified atom stereocenters. The second-order valence-corrected chi connectivity index (χ2v) is 8.48. The van der Waals surface area contributed by atoms with Crippen LogP contribution in [0.5, 0.6) is 17.2 Å². The summed E-state index contributed by atoms with van der Waals surface area (Å²) in [6.45, 7) is 0.380. The molecule has 8 heteroatoms. The average Bonchev–Trinajstić information content (AvgIpc) is 3.55. The van der Waals surface area contributed by atoms with E-state index in [0.29, 0.717) is 35.0 Å². The van der Waals surface area contributed by atoms with Gasteiger partial charge in [-0.25, -0.2) is 0 Å². The lowest BCUT2D eigenvalue weighted by atomic mass is 10.1. The second-order valence-electron chi connectivity index (χ2n) is 7.70. The number of carbonyl (C=O) groups excluding carboxylic acids is 2. The summed E-state index contributed by atoms with van der Waals surface area (Å²) in [6, 6.07) is 14.5. The number of para-hydroxylation sites is 2. The molecule has 2 amide bonds. The summed E-state index contributed by atoms with van der Waals surface area (Å²) < 4.78 is 16.4. The summed E-state index contributed by atoms with van der Waals surface area (Å²) in [5, 5.41) is 6.85. The molecule has 0 radical (unpaired) electrons. The minimum Gasteiger partial charge on any atom is -0.495 e. The monoisotopic (exact) mass is 466 g/mol. The van der Waals surface area contributed by atoms with Crippen molar-refractivity contribution < 1.29 is 23.8 Å². The first-order valence-corrected chi connectivity index (χ1v) is 11.6. The highest BCUT2D eigenvalue weighted by Gasteiger charge is 2.33. The second kappa shape index (κ2) is 10.4. The van der Waals surface area contributed by atoms with Crippen LogP contribution in [0.3, 0.4) is 0 Å². The summed E-state index contributed by atoms with van der Waals surface area (Å²) in [7, 11) is 3.05. The van der Waals surface area contributed by atoms with Gasteiger partial charge in [0.15, 0.2) is 18.1 Å². The Kier molecular flexibility index (Phi) is 7.14. The number of benzene rings is 2.